The van der Waals surface area contributed by atoms with Crippen molar-refractivity contribution in [3.05, 3.63) is 0 Å². The highest BCUT2D eigenvalue weighted by Gasteiger charge is 2.25. The normalized spacial score (nSPS) is 23.6. The van der Waals surface area contributed by atoms with Gasteiger partial charge in [0, 0.05) is 12.6 Å². The summed E-state index contributed by atoms with van der Waals surface area (Å²) in [6.07, 6.45) is 5.84. The summed E-state index contributed by atoms with van der Waals surface area (Å²) in [5.41, 5.74) is 5.01. The molecule has 1 saturated heterocycles. The van der Waals surface area contributed by atoms with Crippen molar-refractivity contribution in [2.24, 2.45) is 5.73 Å². The Kier molecular flexibility index (Phi) is 5.03. The van der Waals surface area contributed by atoms with E-state index in [1.54, 1.807) is 0 Å². The molecule has 0 amide bonds. The molecule has 0 spiro atoms. The summed E-state index contributed by atoms with van der Waals surface area (Å²) in [6.45, 7) is 6.80. The van der Waals surface area contributed by atoms with E-state index in [2.05, 4.69) is 4.90 Å². The van der Waals surface area contributed by atoms with Gasteiger partial charge in [-0.05, 0) is 59.0 Å². The molecule has 0 aliphatic carbocycles. The van der Waals surface area contributed by atoms with Gasteiger partial charge in [-0.1, -0.05) is 0 Å². The van der Waals surface area contributed by atoms with Crippen LogP contribution in [0.15, 0.2) is 0 Å². The van der Waals surface area contributed by atoms with Crippen LogP contribution in [0.1, 0.15) is 46.0 Å². The van der Waals surface area contributed by atoms with Crippen molar-refractivity contribution in [3.63, 3.8) is 0 Å². The van der Waals surface area contributed by atoms with Crippen LogP contribution in [0.5, 0.6) is 0 Å². The van der Waals surface area contributed by atoms with Gasteiger partial charge in [0.2, 0.25) is 0 Å². The van der Waals surface area contributed by atoms with Gasteiger partial charge in [-0.2, -0.15) is 0 Å². The highest BCUT2D eigenvalue weighted by atomic mass is 16.3. The molecule has 3 nitrogen and oxygen atoms in total. The molecular weight excluding hydrogens is 188 g/mol. The smallest absolute Gasteiger partial charge is 0.0603 e. The summed E-state index contributed by atoms with van der Waals surface area (Å²) in [5, 5.41) is 9.69. The van der Waals surface area contributed by atoms with Crippen molar-refractivity contribution in [2.75, 3.05) is 19.6 Å². The average molecular weight is 214 g/mol. The summed E-state index contributed by atoms with van der Waals surface area (Å²) in [6, 6.07) is 0.718. The second-order valence-corrected chi connectivity index (χ2v) is 5.33. The van der Waals surface area contributed by atoms with E-state index in [1.807, 2.05) is 13.8 Å². The van der Waals surface area contributed by atoms with E-state index in [9.17, 15) is 5.11 Å². The summed E-state index contributed by atoms with van der Waals surface area (Å²) >= 11 is 0. The molecule has 1 rings (SSSR count). The summed E-state index contributed by atoms with van der Waals surface area (Å²) in [7, 11) is 0. The summed E-state index contributed by atoms with van der Waals surface area (Å²) in [5.74, 6) is 0. The molecule has 1 unspecified atom stereocenters. The Hall–Kier alpha value is -0.120. The Morgan fingerprint density at radius 2 is 2.20 bits per heavy atom. The van der Waals surface area contributed by atoms with Gasteiger partial charge in [0.1, 0.15) is 0 Å². The van der Waals surface area contributed by atoms with Crippen molar-refractivity contribution in [1.29, 1.82) is 0 Å². The fourth-order valence-electron chi connectivity index (χ4n) is 2.29. The van der Waals surface area contributed by atoms with E-state index in [1.165, 1.54) is 25.8 Å². The van der Waals surface area contributed by atoms with E-state index in [4.69, 9.17) is 5.73 Å². The minimum absolute atomic E-state index is 0.527. The molecule has 3 heteroatoms. The third-order valence-corrected chi connectivity index (χ3v) is 3.25. The summed E-state index contributed by atoms with van der Waals surface area (Å²) in [4.78, 5) is 2.52. The molecule has 0 aromatic carbocycles. The Balaban J connectivity index is 2.27. The second-order valence-electron chi connectivity index (χ2n) is 5.33. The molecule has 0 saturated carbocycles. The lowest BCUT2D eigenvalue weighted by Crippen LogP contribution is -2.34. The van der Waals surface area contributed by atoms with Crippen LogP contribution in [0.2, 0.25) is 0 Å². The Morgan fingerprint density at radius 3 is 2.80 bits per heavy atom. The first-order valence-corrected chi connectivity index (χ1v) is 6.19. The van der Waals surface area contributed by atoms with E-state index in [0.29, 0.717) is 0 Å². The highest BCUT2D eigenvalue weighted by Crippen LogP contribution is 2.22. The van der Waals surface area contributed by atoms with Crippen molar-refractivity contribution >= 4 is 0 Å². The SMILES string of the molecule is CC(C)(O)CCN1CCCC1CCCN. The molecule has 1 aliphatic heterocycles. The number of aliphatic hydroxyl groups is 1. The third kappa shape index (κ3) is 4.96. The van der Waals surface area contributed by atoms with Crippen molar-refractivity contribution in [3.8, 4) is 0 Å². The molecule has 0 aromatic heterocycles. The first-order chi connectivity index (χ1) is 7.03. The van der Waals surface area contributed by atoms with E-state index in [0.717, 1.165) is 32.0 Å². The maximum atomic E-state index is 9.69. The van der Waals surface area contributed by atoms with Crippen LogP contribution in [-0.2, 0) is 0 Å². The zero-order valence-electron chi connectivity index (χ0n) is 10.2. The number of hydrogen-bond acceptors (Lipinski definition) is 3. The molecule has 3 N–H and O–H groups in total. The van der Waals surface area contributed by atoms with Crippen LogP contribution in [0.25, 0.3) is 0 Å². The van der Waals surface area contributed by atoms with Crippen LogP contribution >= 0.6 is 0 Å². The fraction of sp³-hybridized carbons (Fsp3) is 1.00. The standard InChI is InChI=1S/C12H26N2O/c1-12(2,15)7-10-14-9-4-6-11(14)5-3-8-13/h11,15H,3-10,13H2,1-2H3. The van der Waals surface area contributed by atoms with Gasteiger partial charge in [0.25, 0.3) is 0 Å². The monoisotopic (exact) mass is 214 g/mol. The lowest BCUT2D eigenvalue weighted by Gasteiger charge is -2.27. The van der Waals surface area contributed by atoms with E-state index in [-0.39, 0.29) is 0 Å². The molecule has 1 heterocycles. The maximum absolute atomic E-state index is 9.69. The van der Waals surface area contributed by atoms with Gasteiger partial charge in [0.15, 0.2) is 0 Å². The number of hydrogen-bond donors (Lipinski definition) is 2. The number of rotatable bonds is 6. The molecular formula is C12H26N2O. The van der Waals surface area contributed by atoms with E-state index >= 15 is 0 Å². The first kappa shape index (κ1) is 12.9. The molecule has 90 valence electrons. The zero-order chi connectivity index (χ0) is 11.3. The molecule has 0 bridgehead atoms. The largest absolute Gasteiger partial charge is 0.390 e. The molecule has 1 atom stereocenters. The molecule has 1 aliphatic rings. The van der Waals surface area contributed by atoms with Crippen LogP contribution in [0.4, 0.5) is 0 Å². The van der Waals surface area contributed by atoms with Crippen molar-refractivity contribution < 1.29 is 5.11 Å². The van der Waals surface area contributed by atoms with Gasteiger partial charge < -0.3 is 15.7 Å². The number of nitrogens with two attached hydrogens (primary N) is 1. The lowest BCUT2D eigenvalue weighted by atomic mass is 10.0. The van der Waals surface area contributed by atoms with Crippen LogP contribution in [0, 0.1) is 0 Å². The molecule has 0 aromatic rings. The quantitative estimate of drug-likeness (QED) is 0.702. The fourth-order valence-corrected chi connectivity index (χ4v) is 2.29. The van der Waals surface area contributed by atoms with Gasteiger partial charge in [-0.3, -0.25) is 0 Å². The van der Waals surface area contributed by atoms with Crippen LogP contribution in [0.3, 0.4) is 0 Å². The van der Waals surface area contributed by atoms with Gasteiger partial charge >= 0.3 is 0 Å². The Bertz CT molecular complexity index is 177. The molecule has 1 fully saturated rings. The van der Waals surface area contributed by atoms with Crippen molar-refractivity contribution in [2.45, 2.75) is 57.6 Å². The minimum Gasteiger partial charge on any atom is -0.390 e. The van der Waals surface area contributed by atoms with Crippen LogP contribution in [-0.4, -0.2) is 41.3 Å². The zero-order valence-corrected chi connectivity index (χ0v) is 10.2. The molecule has 0 radical (unpaired) electrons. The maximum Gasteiger partial charge on any atom is 0.0603 e. The average Bonchev–Trinajstić information content (AvgIpc) is 2.57. The van der Waals surface area contributed by atoms with Crippen LogP contribution < -0.4 is 5.73 Å². The minimum atomic E-state index is -0.527. The Morgan fingerprint density at radius 1 is 1.47 bits per heavy atom. The predicted molar refractivity (Wildman–Crippen MR) is 63.8 cm³/mol. The van der Waals surface area contributed by atoms with Gasteiger partial charge in [-0.25, -0.2) is 0 Å². The molecule has 15 heavy (non-hydrogen) atoms. The predicted octanol–water partition coefficient (Wildman–Crippen LogP) is 1.35. The van der Waals surface area contributed by atoms with Crippen molar-refractivity contribution in [1.82, 2.24) is 4.90 Å². The van der Waals surface area contributed by atoms with E-state index < -0.39 is 5.60 Å². The topological polar surface area (TPSA) is 49.5 Å². The summed E-state index contributed by atoms with van der Waals surface area (Å²) < 4.78 is 0. The highest BCUT2D eigenvalue weighted by molar-refractivity contribution is 4.80. The lowest BCUT2D eigenvalue weighted by molar-refractivity contribution is 0.0554. The first-order valence-electron chi connectivity index (χ1n) is 6.19. The second kappa shape index (κ2) is 5.83. The number of likely N-dealkylation sites (tertiary alicyclic amines) is 1. The Labute approximate surface area is 93.6 Å². The van der Waals surface area contributed by atoms with Gasteiger partial charge in [0.05, 0.1) is 5.60 Å². The van der Waals surface area contributed by atoms with Gasteiger partial charge in [-0.15, -0.1) is 0 Å². The third-order valence-electron chi connectivity index (χ3n) is 3.25. The number of nitrogens with zero attached hydrogens (tertiary/aromatic N) is 1.